The van der Waals surface area contributed by atoms with Crippen molar-refractivity contribution >= 4 is 11.7 Å². The molecule has 6 heteroatoms. The molecule has 0 saturated carbocycles. The largest absolute Gasteiger partial charge is 0.334 e. The second kappa shape index (κ2) is 6.68. The number of aryl methyl sites for hydroxylation is 1. The molecule has 4 nitrogen and oxygen atoms in total. The van der Waals surface area contributed by atoms with Gasteiger partial charge in [0.2, 0.25) is 0 Å². The van der Waals surface area contributed by atoms with Crippen LogP contribution < -0.4 is 10.6 Å². The summed E-state index contributed by atoms with van der Waals surface area (Å²) < 4.78 is 26.1. The minimum atomic E-state index is -0.552. The Labute approximate surface area is 126 Å². The number of halogens is 2. The third-order valence-corrected chi connectivity index (χ3v) is 3.03. The number of hydrogen-bond acceptors (Lipinski definition) is 2. The average Bonchev–Trinajstić information content (AvgIpc) is 2.50. The lowest BCUT2D eigenvalue weighted by atomic mass is 10.1. The summed E-state index contributed by atoms with van der Waals surface area (Å²) in [6, 6.07) is 9.31. The molecule has 0 bridgehead atoms. The zero-order valence-corrected chi connectivity index (χ0v) is 11.8. The highest BCUT2D eigenvalue weighted by atomic mass is 19.1. The van der Waals surface area contributed by atoms with Gasteiger partial charge in [-0.2, -0.15) is 5.26 Å². The Hall–Kier alpha value is -2.94. The molecule has 22 heavy (non-hydrogen) atoms. The number of hydrogen-bond donors (Lipinski definition) is 2. The van der Waals surface area contributed by atoms with E-state index in [4.69, 9.17) is 5.26 Å². The molecule has 0 fully saturated rings. The Morgan fingerprint density at radius 1 is 1.23 bits per heavy atom. The maximum atomic E-state index is 13.1. The normalized spacial score (nSPS) is 9.91. The Kier molecular flexibility index (Phi) is 4.69. The van der Waals surface area contributed by atoms with E-state index in [1.165, 1.54) is 12.1 Å². The lowest BCUT2D eigenvalue weighted by Crippen LogP contribution is -2.28. The van der Waals surface area contributed by atoms with Crippen molar-refractivity contribution < 1.29 is 13.6 Å². The molecular weight excluding hydrogens is 288 g/mol. The Morgan fingerprint density at radius 2 is 2.00 bits per heavy atom. The van der Waals surface area contributed by atoms with Crippen LogP contribution in [-0.2, 0) is 6.54 Å². The molecule has 0 spiro atoms. The molecule has 0 heterocycles. The summed E-state index contributed by atoms with van der Waals surface area (Å²) in [5.74, 6) is -0.859. The molecule has 0 aliphatic carbocycles. The van der Waals surface area contributed by atoms with Crippen molar-refractivity contribution in [3.8, 4) is 6.07 Å². The van der Waals surface area contributed by atoms with Crippen molar-refractivity contribution in [2.75, 3.05) is 5.32 Å². The monoisotopic (exact) mass is 301 g/mol. The zero-order chi connectivity index (χ0) is 16.1. The summed E-state index contributed by atoms with van der Waals surface area (Å²) in [7, 11) is 0. The SMILES string of the molecule is Cc1cc(CNC(=O)Nc2ccc(F)cc2C#N)ccc1F. The molecular formula is C16H13F2N3O. The highest BCUT2D eigenvalue weighted by Gasteiger charge is 2.08. The van der Waals surface area contributed by atoms with Gasteiger partial charge in [-0.25, -0.2) is 13.6 Å². The van der Waals surface area contributed by atoms with Gasteiger partial charge in [-0.15, -0.1) is 0 Å². The van der Waals surface area contributed by atoms with Crippen molar-refractivity contribution in [2.24, 2.45) is 0 Å². The van der Waals surface area contributed by atoms with Crippen LogP contribution >= 0.6 is 0 Å². The minimum Gasteiger partial charge on any atom is -0.334 e. The second-order valence-corrected chi connectivity index (χ2v) is 4.69. The number of rotatable bonds is 3. The fraction of sp³-hybridized carbons (Fsp3) is 0.125. The highest BCUT2D eigenvalue weighted by molar-refractivity contribution is 5.90. The van der Waals surface area contributed by atoms with Crippen LogP contribution in [0.3, 0.4) is 0 Å². The summed E-state index contributed by atoms with van der Waals surface area (Å²) in [5, 5.41) is 14.0. The van der Waals surface area contributed by atoms with E-state index >= 15 is 0 Å². The van der Waals surface area contributed by atoms with Crippen LogP contribution in [0, 0.1) is 29.9 Å². The topological polar surface area (TPSA) is 64.9 Å². The molecule has 2 N–H and O–H groups in total. The van der Waals surface area contributed by atoms with Crippen molar-refractivity contribution in [1.82, 2.24) is 5.32 Å². The summed E-state index contributed by atoms with van der Waals surface area (Å²) >= 11 is 0. The molecule has 0 aliphatic heterocycles. The number of benzene rings is 2. The molecule has 2 aromatic rings. The number of anilines is 1. The molecule has 0 saturated heterocycles. The van der Waals surface area contributed by atoms with Gasteiger partial charge in [-0.3, -0.25) is 0 Å². The molecule has 0 radical (unpaired) electrons. The number of amides is 2. The van der Waals surface area contributed by atoms with Crippen molar-refractivity contribution in [3.63, 3.8) is 0 Å². The molecule has 2 aromatic carbocycles. The van der Waals surface area contributed by atoms with E-state index in [1.807, 2.05) is 0 Å². The van der Waals surface area contributed by atoms with E-state index in [0.29, 0.717) is 5.56 Å². The third kappa shape index (κ3) is 3.79. The minimum absolute atomic E-state index is 0.0350. The zero-order valence-electron chi connectivity index (χ0n) is 11.8. The summed E-state index contributed by atoms with van der Waals surface area (Å²) in [5.41, 5.74) is 1.49. The number of nitrogens with one attached hydrogen (secondary N) is 2. The van der Waals surface area contributed by atoms with Crippen LogP contribution in [0.1, 0.15) is 16.7 Å². The van der Waals surface area contributed by atoms with Crippen LogP contribution in [0.15, 0.2) is 36.4 Å². The average molecular weight is 301 g/mol. The predicted octanol–water partition coefficient (Wildman–Crippen LogP) is 3.47. The number of carbonyl (C=O) groups excluding carboxylic acids is 1. The maximum absolute atomic E-state index is 13.1. The summed E-state index contributed by atoms with van der Waals surface area (Å²) in [6.45, 7) is 1.84. The van der Waals surface area contributed by atoms with E-state index in [-0.39, 0.29) is 23.6 Å². The molecule has 2 amide bonds. The van der Waals surface area contributed by atoms with Gasteiger partial charge in [0.15, 0.2) is 0 Å². The lowest BCUT2D eigenvalue weighted by molar-refractivity contribution is 0.251. The smallest absolute Gasteiger partial charge is 0.319 e. The third-order valence-electron chi connectivity index (χ3n) is 3.03. The van der Waals surface area contributed by atoms with Crippen LogP contribution in [0.25, 0.3) is 0 Å². The van der Waals surface area contributed by atoms with Crippen LogP contribution in [-0.4, -0.2) is 6.03 Å². The Bertz CT molecular complexity index is 754. The van der Waals surface area contributed by atoms with E-state index in [1.54, 1.807) is 25.1 Å². The summed E-state index contributed by atoms with van der Waals surface area (Å²) in [6.07, 6.45) is 0. The molecule has 2 rings (SSSR count). The first-order valence-electron chi connectivity index (χ1n) is 6.49. The van der Waals surface area contributed by atoms with Crippen molar-refractivity contribution in [3.05, 3.63) is 64.7 Å². The van der Waals surface area contributed by atoms with Crippen LogP contribution in [0.2, 0.25) is 0 Å². The molecule has 0 atom stereocenters. The fourth-order valence-corrected chi connectivity index (χ4v) is 1.88. The van der Waals surface area contributed by atoms with Crippen molar-refractivity contribution in [1.29, 1.82) is 5.26 Å². The van der Waals surface area contributed by atoms with Crippen LogP contribution in [0.5, 0.6) is 0 Å². The van der Waals surface area contributed by atoms with Crippen LogP contribution in [0.4, 0.5) is 19.3 Å². The maximum Gasteiger partial charge on any atom is 0.319 e. The molecule has 112 valence electrons. The number of carbonyl (C=O) groups is 1. The molecule has 0 aliphatic rings. The summed E-state index contributed by atoms with van der Waals surface area (Å²) in [4.78, 5) is 11.8. The van der Waals surface area contributed by atoms with Gasteiger partial charge in [0.25, 0.3) is 0 Å². The van der Waals surface area contributed by atoms with E-state index in [2.05, 4.69) is 10.6 Å². The standard InChI is InChI=1S/C16H13F2N3O/c1-10-6-11(2-4-14(10)18)9-20-16(22)21-15-5-3-13(17)7-12(15)8-19/h2-7H,9H2,1H3,(H2,20,21,22). The van der Waals surface area contributed by atoms with Gasteiger partial charge in [0.05, 0.1) is 11.3 Å². The predicted molar refractivity (Wildman–Crippen MR) is 78.1 cm³/mol. The highest BCUT2D eigenvalue weighted by Crippen LogP contribution is 2.16. The fourth-order valence-electron chi connectivity index (χ4n) is 1.88. The first-order valence-corrected chi connectivity index (χ1v) is 6.49. The van der Waals surface area contributed by atoms with Crippen molar-refractivity contribution in [2.45, 2.75) is 13.5 Å². The van der Waals surface area contributed by atoms with E-state index in [0.717, 1.165) is 17.7 Å². The van der Waals surface area contributed by atoms with Gasteiger partial charge in [-0.1, -0.05) is 12.1 Å². The number of urea groups is 1. The van der Waals surface area contributed by atoms with Gasteiger partial charge in [-0.05, 0) is 42.3 Å². The quantitative estimate of drug-likeness (QED) is 0.911. The van der Waals surface area contributed by atoms with Gasteiger partial charge >= 0.3 is 6.03 Å². The number of nitriles is 1. The van der Waals surface area contributed by atoms with E-state index < -0.39 is 11.8 Å². The Morgan fingerprint density at radius 3 is 2.68 bits per heavy atom. The second-order valence-electron chi connectivity index (χ2n) is 4.69. The van der Waals surface area contributed by atoms with Gasteiger partial charge in [0.1, 0.15) is 17.7 Å². The Balaban J connectivity index is 1.99. The number of nitrogens with zero attached hydrogens (tertiary/aromatic N) is 1. The first kappa shape index (κ1) is 15.4. The lowest BCUT2D eigenvalue weighted by Gasteiger charge is -2.09. The van der Waals surface area contributed by atoms with Gasteiger partial charge in [0, 0.05) is 6.54 Å². The van der Waals surface area contributed by atoms with E-state index in [9.17, 15) is 13.6 Å². The molecule has 0 aromatic heterocycles. The first-order chi connectivity index (χ1) is 10.5. The molecule has 0 unspecified atom stereocenters. The van der Waals surface area contributed by atoms with Gasteiger partial charge < -0.3 is 10.6 Å².